The zero-order valence-electron chi connectivity index (χ0n) is 11.8. The highest BCUT2D eigenvalue weighted by Gasteiger charge is 2.48. The van der Waals surface area contributed by atoms with Crippen LogP contribution in [0.25, 0.3) is 0 Å². The van der Waals surface area contributed by atoms with Crippen molar-refractivity contribution in [3.63, 3.8) is 0 Å². The molecule has 0 aromatic carbocycles. The Balaban J connectivity index is 2.08. The predicted molar refractivity (Wildman–Crippen MR) is 74.5 cm³/mol. The number of nitrogens with one attached hydrogen (secondary N) is 1. The topological polar surface area (TPSA) is 107 Å². The van der Waals surface area contributed by atoms with Crippen LogP contribution in [0, 0.1) is 0 Å². The molecule has 4 amide bonds. The highest BCUT2D eigenvalue weighted by atomic mass is 32.2. The van der Waals surface area contributed by atoms with Crippen LogP contribution in [0.4, 0.5) is 4.79 Å². The maximum atomic E-state index is 12.2. The maximum absolute atomic E-state index is 12.2. The molecule has 0 radical (unpaired) electrons. The molecule has 0 aromatic rings. The second kappa shape index (κ2) is 5.55. The number of urea groups is 1. The van der Waals surface area contributed by atoms with Gasteiger partial charge in [-0.25, -0.2) is 9.59 Å². The number of carbonyl (C=O) groups excluding carboxylic acids is 3. The van der Waals surface area contributed by atoms with Crippen LogP contribution < -0.4 is 5.32 Å². The smallest absolute Gasteiger partial charge is 0.327 e. The number of carbonyl (C=O) groups is 4. The van der Waals surface area contributed by atoms with Crippen molar-refractivity contribution >= 4 is 35.6 Å². The van der Waals surface area contributed by atoms with Gasteiger partial charge in [-0.2, -0.15) is 0 Å². The van der Waals surface area contributed by atoms with Crippen LogP contribution in [0.1, 0.15) is 20.3 Å². The summed E-state index contributed by atoms with van der Waals surface area (Å²) in [6, 6.07) is -1.52. The molecule has 21 heavy (non-hydrogen) atoms. The summed E-state index contributed by atoms with van der Waals surface area (Å²) in [5.74, 6) is -1.50. The highest BCUT2D eigenvalue weighted by Crippen LogP contribution is 2.24. The summed E-state index contributed by atoms with van der Waals surface area (Å²) >= 11 is 1.33. The monoisotopic (exact) mass is 315 g/mol. The highest BCUT2D eigenvalue weighted by molar-refractivity contribution is 7.99. The number of amides is 4. The normalized spacial score (nSPS) is 29.0. The lowest BCUT2D eigenvalue weighted by Gasteiger charge is -2.23. The summed E-state index contributed by atoms with van der Waals surface area (Å²) in [4.78, 5) is 49.3. The van der Waals surface area contributed by atoms with Gasteiger partial charge in [0.15, 0.2) is 0 Å². The van der Waals surface area contributed by atoms with Gasteiger partial charge in [0.25, 0.3) is 5.91 Å². The number of rotatable bonds is 4. The van der Waals surface area contributed by atoms with Crippen LogP contribution in [0.5, 0.6) is 0 Å². The second-order valence-electron chi connectivity index (χ2n) is 5.22. The molecular formula is C12H17N3O5S. The van der Waals surface area contributed by atoms with Crippen molar-refractivity contribution in [2.75, 3.05) is 18.2 Å². The van der Waals surface area contributed by atoms with E-state index in [1.807, 2.05) is 0 Å². The van der Waals surface area contributed by atoms with Crippen molar-refractivity contribution in [2.24, 2.45) is 0 Å². The van der Waals surface area contributed by atoms with Crippen LogP contribution in [0.3, 0.4) is 0 Å². The number of hydrogen-bond acceptors (Lipinski definition) is 5. The maximum Gasteiger partial charge on any atom is 0.327 e. The van der Waals surface area contributed by atoms with Gasteiger partial charge in [0.05, 0.1) is 5.88 Å². The Morgan fingerprint density at radius 3 is 2.67 bits per heavy atom. The minimum atomic E-state index is -1.08. The van der Waals surface area contributed by atoms with E-state index in [9.17, 15) is 19.2 Å². The molecule has 2 rings (SSSR count). The van der Waals surface area contributed by atoms with Gasteiger partial charge in [0.2, 0.25) is 5.91 Å². The van der Waals surface area contributed by atoms with Crippen LogP contribution in [-0.2, 0) is 14.4 Å². The number of carboxylic acids is 1. The number of aliphatic carboxylic acids is 1. The molecule has 0 spiro atoms. The van der Waals surface area contributed by atoms with E-state index in [-0.39, 0.29) is 5.88 Å². The molecule has 0 aliphatic carbocycles. The summed E-state index contributed by atoms with van der Waals surface area (Å²) in [5.41, 5.74) is -0.997. The lowest BCUT2D eigenvalue weighted by atomic mass is 9.99. The molecule has 0 aromatic heterocycles. The van der Waals surface area contributed by atoms with Gasteiger partial charge < -0.3 is 15.3 Å². The first kappa shape index (κ1) is 15.6. The Morgan fingerprint density at radius 2 is 2.14 bits per heavy atom. The van der Waals surface area contributed by atoms with E-state index in [2.05, 4.69) is 5.32 Å². The van der Waals surface area contributed by atoms with E-state index in [0.717, 1.165) is 4.90 Å². The summed E-state index contributed by atoms with van der Waals surface area (Å²) in [7, 11) is 0. The summed E-state index contributed by atoms with van der Waals surface area (Å²) in [6.45, 7) is 2.94. The van der Waals surface area contributed by atoms with Gasteiger partial charge in [-0.1, -0.05) is 6.92 Å². The van der Waals surface area contributed by atoms with Gasteiger partial charge in [-0.3, -0.25) is 14.5 Å². The van der Waals surface area contributed by atoms with E-state index >= 15 is 0 Å². The number of thioether (sulfide) groups is 1. The Labute approximate surface area is 125 Å². The molecule has 2 aliphatic heterocycles. The van der Waals surface area contributed by atoms with E-state index < -0.39 is 41.9 Å². The molecule has 2 unspecified atom stereocenters. The molecule has 9 heteroatoms. The summed E-state index contributed by atoms with van der Waals surface area (Å²) < 4.78 is 0. The molecule has 2 heterocycles. The summed E-state index contributed by atoms with van der Waals surface area (Å²) in [6.07, 6.45) is 0.416. The van der Waals surface area contributed by atoms with E-state index in [0.29, 0.717) is 12.2 Å². The van der Waals surface area contributed by atoms with Gasteiger partial charge in [0, 0.05) is 5.75 Å². The zero-order valence-corrected chi connectivity index (χ0v) is 12.6. The fraction of sp³-hybridized carbons (Fsp3) is 0.667. The third kappa shape index (κ3) is 2.69. The first-order chi connectivity index (χ1) is 9.80. The fourth-order valence-electron chi connectivity index (χ4n) is 2.25. The predicted octanol–water partition coefficient (Wildman–Crippen LogP) is -0.307. The molecule has 8 nitrogen and oxygen atoms in total. The van der Waals surface area contributed by atoms with Gasteiger partial charge in [-0.05, 0) is 13.3 Å². The summed E-state index contributed by atoms with van der Waals surface area (Å²) in [5, 5.41) is 11.6. The van der Waals surface area contributed by atoms with Gasteiger partial charge >= 0.3 is 12.0 Å². The number of hydrogen-bond donors (Lipinski definition) is 2. The van der Waals surface area contributed by atoms with Gasteiger partial charge in [-0.15, -0.1) is 11.8 Å². The van der Waals surface area contributed by atoms with Crippen molar-refractivity contribution in [3.05, 3.63) is 0 Å². The third-order valence-electron chi connectivity index (χ3n) is 3.83. The first-order valence-electron chi connectivity index (χ1n) is 6.54. The minimum absolute atomic E-state index is 0.254. The van der Waals surface area contributed by atoms with Crippen LogP contribution in [0.2, 0.25) is 0 Å². The van der Waals surface area contributed by atoms with Crippen LogP contribution in [0.15, 0.2) is 0 Å². The molecule has 2 fully saturated rings. The molecule has 2 saturated heterocycles. The first-order valence-corrected chi connectivity index (χ1v) is 7.69. The minimum Gasteiger partial charge on any atom is -0.480 e. The second-order valence-corrected chi connectivity index (χ2v) is 6.22. The van der Waals surface area contributed by atoms with Crippen LogP contribution >= 0.6 is 11.8 Å². The van der Waals surface area contributed by atoms with Crippen molar-refractivity contribution in [1.29, 1.82) is 0 Å². The standard InChI is InChI=1S/C12H17N3O5S/c1-3-12(2)10(19)14(11(20)13-12)4-8(16)15-6-21-5-7(15)9(17)18/h7H,3-6H2,1-2H3,(H,13,20)(H,17,18). The Bertz CT molecular complexity index is 511. The Morgan fingerprint density at radius 1 is 1.48 bits per heavy atom. The molecule has 2 atom stereocenters. The molecule has 2 aliphatic rings. The lowest BCUT2D eigenvalue weighted by Crippen LogP contribution is -2.48. The molecule has 0 saturated carbocycles. The number of nitrogens with zero attached hydrogens (tertiary/aromatic N) is 2. The average Bonchev–Trinajstić information content (AvgIpc) is 2.99. The number of imide groups is 1. The zero-order chi connectivity index (χ0) is 15.8. The van der Waals surface area contributed by atoms with E-state index in [4.69, 9.17) is 5.11 Å². The molecule has 0 bridgehead atoms. The fourth-order valence-corrected chi connectivity index (χ4v) is 3.42. The van der Waals surface area contributed by atoms with E-state index in [1.54, 1.807) is 13.8 Å². The third-order valence-corrected chi connectivity index (χ3v) is 4.85. The largest absolute Gasteiger partial charge is 0.480 e. The number of carboxylic acid groups (broad SMARTS) is 1. The molecule has 2 N–H and O–H groups in total. The lowest BCUT2D eigenvalue weighted by molar-refractivity contribution is -0.148. The quantitative estimate of drug-likeness (QED) is 0.689. The Kier molecular flexibility index (Phi) is 4.13. The Hall–Kier alpha value is -1.77. The average molecular weight is 315 g/mol. The SMILES string of the molecule is CCC1(C)NC(=O)N(CC(=O)N2CSCC2C(=O)O)C1=O. The molecule has 116 valence electrons. The van der Waals surface area contributed by atoms with E-state index in [1.165, 1.54) is 16.7 Å². The van der Waals surface area contributed by atoms with Crippen molar-refractivity contribution < 1.29 is 24.3 Å². The van der Waals surface area contributed by atoms with Crippen molar-refractivity contribution in [3.8, 4) is 0 Å². The molecular weight excluding hydrogens is 298 g/mol. The van der Waals surface area contributed by atoms with Crippen molar-refractivity contribution in [1.82, 2.24) is 15.1 Å². The van der Waals surface area contributed by atoms with Gasteiger partial charge in [0.1, 0.15) is 18.1 Å². The van der Waals surface area contributed by atoms with Crippen molar-refractivity contribution in [2.45, 2.75) is 31.8 Å². The van der Waals surface area contributed by atoms with Crippen LogP contribution in [-0.4, -0.2) is 68.5 Å².